The number of carboxylic acids is 1. The van der Waals surface area contributed by atoms with E-state index in [1.807, 2.05) is 13.8 Å². The predicted octanol–water partition coefficient (Wildman–Crippen LogP) is 5.68. The summed E-state index contributed by atoms with van der Waals surface area (Å²) < 4.78 is 5.49. The van der Waals surface area contributed by atoms with Gasteiger partial charge in [0.15, 0.2) is 5.60 Å². The Morgan fingerprint density at radius 3 is 2.07 bits per heavy atom. The van der Waals surface area contributed by atoms with Crippen LogP contribution >= 0.6 is 0 Å². The quantitative estimate of drug-likeness (QED) is 0.574. The van der Waals surface area contributed by atoms with Crippen molar-refractivity contribution in [2.24, 2.45) is 17.8 Å². The lowest BCUT2D eigenvalue weighted by molar-refractivity contribution is -0.152. The maximum Gasteiger partial charge on any atom is 0.347 e. The Morgan fingerprint density at radius 2 is 1.57 bits per heavy atom. The van der Waals surface area contributed by atoms with Crippen molar-refractivity contribution in [3.05, 3.63) is 24.3 Å². The minimum Gasteiger partial charge on any atom is -0.478 e. The van der Waals surface area contributed by atoms with E-state index < -0.39 is 11.6 Å². The third-order valence-electron chi connectivity index (χ3n) is 6.01. The second-order valence-corrected chi connectivity index (χ2v) is 9.46. The standard InChI is InChI=1S/C22H32N2O4.C2H6/c1-14-9-16-10-15(2)12-22(11-14,13-16)24-20(27)23-17-5-7-18(8-6-17)28-21(3,4)19(25)26;1-2/h5-8,14-16H,9-13H2,1-4H3,(H,25,26)(H2,23,24,27);1-2H3. The van der Waals surface area contributed by atoms with Gasteiger partial charge in [-0.15, -0.1) is 0 Å². The second kappa shape index (κ2) is 9.71. The molecule has 2 amide bonds. The summed E-state index contributed by atoms with van der Waals surface area (Å²) in [5.41, 5.74) is -0.755. The van der Waals surface area contributed by atoms with E-state index in [4.69, 9.17) is 9.84 Å². The van der Waals surface area contributed by atoms with Gasteiger partial charge in [-0.25, -0.2) is 9.59 Å². The molecule has 0 aliphatic heterocycles. The smallest absolute Gasteiger partial charge is 0.347 e. The Morgan fingerprint density at radius 1 is 1.03 bits per heavy atom. The zero-order valence-corrected chi connectivity index (χ0v) is 19.2. The molecule has 2 aliphatic carbocycles. The SMILES string of the molecule is CC.CC1CC2CC(C)CC(NC(=O)Nc3ccc(OC(C)(C)C(=O)O)cc3)(C1)C2. The number of carboxylic acid groups (broad SMARTS) is 1. The van der Waals surface area contributed by atoms with Crippen LogP contribution in [0.25, 0.3) is 0 Å². The normalized spacial score (nSPS) is 27.9. The number of urea groups is 1. The fraction of sp³-hybridized carbons (Fsp3) is 0.667. The number of carbonyl (C=O) groups is 2. The summed E-state index contributed by atoms with van der Waals surface area (Å²) in [6, 6.07) is 6.60. The first kappa shape index (κ1) is 24.0. The number of hydrogen-bond acceptors (Lipinski definition) is 3. The van der Waals surface area contributed by atoms with Crippen LogP contribution < -0.4 is 15.4 Å². The number of ether oxygens (including phenoxy) is 1. The number of hydrogen-bond donors (Lipinski definition) is 3. The van der Waals surface area contributed by atoms with Crippen LogP contribution in [0, 0.1) is 17.8 Å². The van der Waals surface area contributed by atoms with E-state index >= 15 is 0 Å². The zero-order chi connectivity index (χ0) is 22.5. The van der Waals surface area contributed by atoms with Crippen molar-refractivity contribution < 1.29 is 19.4 Å². The van der Waals surface area contributed by atoms with Gasteiger partial charge in [-0.1, -0.05) is 27.7 Å². The highest BCUT2D eigenvalue weighted by atomic mass is 16.5. The van der Waals surface area contributed by atoms with Crippen molar-refractivity contribution in [1.29, 1.82) is 0 Å². The van der Waals surface area contributed by atoms with Crippen LogP contribution in [0.4, 0.5) is 10.5 Å². The van der Waals surface area contributed by atoms with Crippen LogP contribution in [0.15, 0.2) is 24.3 Å². The topological polar surface area (TPSA) is 87.7 Å². The summed E-state index contributed by atoms with van der Waals surface area (Å²) in [6.45, 7) is 11.6. The molecule has 0 saturated heterocycles. The van der Waals surface area contributed by atoms with Gasteiger partial charge in [-0.05, 0) is 88.0 Å². The van der Waals surface area contributed by atoms with E-state index in [0.29, 0.717) is 29.2 Å². The van der Waals surface area contributed by atoms with Gasteiger partial charge in [-0.2, -0.15) is 0 Å². The average Bonchev–Trinajstić information content (AvgIpc) is 2.63. The highest BCUT2D eigenvalue weighted by Gasteiger charge is 2.45. The minimum absolute atomic E-state index is 0.0986. The number of rotatable bonds is 5. The Bertz CT molecular complexity index is 710. The van der Waals surface area contributed by atoms with E-state index in [1.54, 1.807) is 24.3 Å². The van der Waals surface area contributed by atoms with E-state index in [2.05, 4.69) is 24.5 Å². The van der Waals surface area contributed by atoms with Crippen molar-refractivity contribution in [2.45, 2.75) is 84.8 Å². The molecule has 2 saturated carbocycles. The molecule has 0 aromatic heterocycles. The van der Waals surface area contributed by atoms with Gasteiger partial charge in [0, 0.05) is 11.2 Å². The summed E-state index contributed by atoms with van der Waals surface area (Å²) in [6.07, 6.45) is 5.69. The van der Waals surface area contributed by atoms with E-state index in [-0.39, 0.29) is 11.6 Å². The minimum atomic E-state index is -1.31. The first-order valence-electron chi connectivity index (χ1n) is 11.2. The number of amides is 2. The summed E-state index contributed by atoms with van der Waals surface area (Å²) in [4.78, 5) is 23.8. The lowest BCUT2D eigenvalue weighted by Crippen LogP contribution is -2.57. The molecule has 2 atom stereocenters. The molecular weight excluding hydrogens is 380 g/mol. The molecule has 1 aromatic rings. The van der Waals surface area contributed by atoms with Gasteiger partial charge >= 0.3 is 12.0 Å². The van der Waals surface area contributed by atoms with Gasteiger partial charge in [-0.3, -0.25) is 0 Å². The van der Waals surface area contributed by atoms with Crippen LogP contribution in [0.5, 0.6) is 5.75 Å². The van der Waals surface area contributed by atoms with Crippen molar-refractivity contribution in [1.82, 2.24) is 5.32 Å². The molecule has 2 fully saturated rings. The lowest BCUT2D eigenvalue weighted by Gasteiger charge is -2.50. The largest absolute Gasteiger partial charge is 0.478 e. The highest BCUT2D eigenvalue weighted by molar-refractivity contribution is 5.89. The Balaban J connectivity index is 0.00000155. The fourth-order valence-electron chi connectivity index (χ4n) is 5.21. The zero-order valence-electron chi connectivity index (χ0n) is 19.2. The highest BCUT2D eigenvalue weighted by Crippen LogP contribution is 2.47. The van der Waals surface area contributed by atoms with Crippen LogP contribution in [-0.2, 0) is 4.79 Å². The summed E-state index contributed by atoms with van der Waals surface area (Å²) in [5, 5.41) is 15.3. The molecule has 3 N–H and O–H groups in total. The number of benzene rings is 1. The molecule has 30 heavy (non-hydrogen) atoms. The Hall–Kier alpha value is -2.24. The monoisotopic (exact) mass is 418 g/mol. The number of anilines is 1. The van der Waals surface area contributed by atoms with Gasteiger partial charge in [0.1, 0.15) is 5.75 Å². The molecule has 6 heteroatoms. The molecule has 3 rings (SSSR count). The van der Waals surface area contributed by atoms with E-state index in [1.165, 1.54) is 26.7 Å². The van der Waals surface area contributed by atoms with Crippen LogP contribution in [0.1, 0.15) is 73.6 Å². The maximum absolute atomic E-state index is 12.7. The molecular formula is C24H38N2O4. The molecule has 0 heterocycles. The van der Waals surface area contributed by atoms with E-state index in [0.717, 1.165) is 19.3 Å². The molecule has 1 aromatic carbocycles. The fourth-order valence-corrected chi connectivity index (χ4v) is 5.21. The van der Waals surface area contributed by atoms with Crippen molar-refractivity contribution >= 4 is 17.7 Å². The van der Waals surface area contributed by atoms with E-state index in [9.17, 15) is 9.59 Å². The molecule has 6 nitrogen and oxygen atoms in total. The van der Waals surface area contributed by atoms with Gasteiger partial charge < -0.3 is 20.5 Å². The van der Waals surface area contributed by atoms with Crippen molar-refractivity contribution in [3.63, 3.8) is 0 Å². The molecule has 2 unspecified atom stereocenters. The molecule has 2 aliphatic rings. The van der Waals surface area contributed by atoms with Crippen LogP contribution in [-0.4, -0.2) is 28.2 Å². The summed E-state index contributed by atoms with van der Waals surface area (Å²) in [5.74, 6) is 1.40. The predicted molar refractivity (Wildman–Crippen MR) is 120 cm³/mol. The van der Waals surface area contributed by atoms with Gasteiger partial charge in [0.05, 0.1) is 0 Å². The van der Waals surface area contributed by atoms with Crippen LogP contribution in [0.3, 0.4) is 0 Å². The molecule has 0 radical (unpaired) electrons. The first-order chi connectivity index (χ1) is 14.1. The lowest BCUT2D eigenvalue weighted by atomic mass is 9.61. The second-order valence-electron chi connectivity index (χ2n) is 9.46. The van der Waals surface area contributed by atoms with Crippen molar-refractivity contribution in [2.75, 3.05) is 5.32 Å². The van der Waals surface area contributed by atoms with Gasteiger partial charge in [0.25, 0.3) is 0 Å². The molecule has 168 valence electrons. The average molecular weight is 419 g/mol. The van der Waals surface area contributed by atoms with Crippen molar-refractivity contribution in [3.8, 4) is 5.75 Å². The Labute approximate surface area is 180 Å². The van der Waals surface area contributed by atoms with Crippen LogP contribution in [0.2, 0.25) is 0 Å². The summed E-state index contributed by atoms with van der Waals surface area (Å²) in [7, 11) is 0. The number of aliphatic carboxylic acids is 1. The van der Waals surface area contributed by atoms with Gasteiger partial charge in [0.2, 0.25) is 0 Å². The first-order valence-corrected chi connectivity index (χ1v) is 11.2. The molecule has 2 bridgehead atoms. The molecule has 0 spiro atoms. The third-order valence-corrected chi connectivity index (χ3v) is 6.01. The summed E-state index contributed by atoms with van der Waals surface area (Å²) >= 11 is 0. The number of carbonyl (C=O) groups excluding carboxylic acids is 1. The third kappa shape index (κ3) is 6.13. The number of nitrogens with one attached hydrogen (secondary N) is 2. The Kier molecular flexibility index (Phi) is 7.78. The number of fused-ring (bicyclic) bond motifs is 2. The maximum atomic E-state index is 12.7.